The smallest absolute Gasteiger partial charge is 0.273 e. The number of hydrogen-bond donors (Lipinski definition) is 2. The number of amides is 1. The number of nitrogen functional groups attached to an aromatic ring is 1. The van der Waals surface area contributed by atoms with E-state index in [9.17, 15) is 4.79 Å². The van der Waals surface area contributed by atoms with E-state index < -0.39 is 0 Å². The van der Waals surface area contributed by atoms with E-state index in [1.807, 2.05) is 39.0 Å². The molecule has 1 fully saturated rings. The van der Waals surface area contributed by atoms with E-state index in [-0.39, 0.29) is 29.4 Å². The summed E-state index contributed by atoms with van der Waals surface area (Å²) in [5.74, 6) is 0.660. The van der Waals surface area contributed by atoms with Gasteiger partial charge in [-0.05, 0) is 18.4 Å². The molecule has 0 radical (unpaired) electrons. The van der Waals surface area contributed by atoms with Gasteiger partial charge in [0.25, 0.3) is 5.91 Å². The van der Waals surface area contributed by atoms with E-state index in [2.05, 4.69) is 44.5 Å². The number of nitrogens with one attached hydrogen (secondary N) is 1. The molecular formula is C22H29N7O. The summed E-state index contributed by atoms with van der Waals surface area (Å²) in [7, 11) is 0. The third-order valence-corrected chi connectivity index (χ3v) is 5.17. The molecule has 0 saturated heterocycles. The molecule has 2 heterocycles. The van der Waals surface area contributed by atoms with Crippen LogP contribution in [0.15, 0.2) is 42.7 Å². The summed E-state index contributed by atoms with van der Waals surface area (Å²) >= 11 is 0. The van der Waals surface area contributed by atoms with Crippen LogP contribution >= 0.6 is 0 Å². The van der Waals surface area contributed by atoms with Gasteiger partial charge in [0.15, 0.2) is 17.3 Å². The van der Waals surface area contributed by atoms with Gasteiger partial charge in [-0.2, -0.15) is 10.2 Å². The zero-order valence-electron chi connectivity index (χ0n) is 17.9. The van der Waals surface area contributed by atoms with Crippen molar-refractivity contribution in [3.05, 3.63) is 59.7 Å². The van der Waals surface area contributed by atoms with Gasteiger partial charge in [-0.15, -0.1) is 4.80 Å². The molecule has 1 amide bonds. The van der Waals surface area contributed by atoms with Crippen molar-refractivity contribution in [3.8, 4) is 5.82 Å². The fourth-order valence-electron chi connectivity index (χ4n) is 3.28. The molecule has 30 heavy (non-hydrogen) atoms. The molecule has 0 aliphatic heterocycles. The van der Waals surface area contributed by atoms with Gasteiger partial charge in [0, 0.05) is 17.9 Å². The molecule has 3 atom stereocenters. The SMILES string of the molecule is CC.CCC(C)c1nc(C(=O)N[C@H]2CC2c2ccccc2)c(N)nc1-n1nccn1. The Morgan fingerprint density at radius 3 is 2.50 bits per heavy atom. The van der Waals surface area contributed by atoms with Crippen LogP contribution in [0.3, 0.4) is 0 Å². The molecule has 0 bridgehead atoms. The van der Waals surface area contributed by atoms with Gasteiger partial charge in [-0.3, -0.25) is 4.79 Å². The van der Waals surface area contributed by atoms with E-state index in [1.165, 1.54) is 10.4 Å². The number of carbonyl (C=O) groups excluding carboxylic acids is 1. The predicted molar refractivity (Wildman–Crippen MR) is 116 cm³/mol. The highest BCUT2D eigenvalue weighted by Crippen LogP contribution is 2.40. The molecule has 2 unspecified atom stereocenters. The van der Waals surface area contributed by atoms with Crippen molar-refractivity contribution < 1.29 is 4.79 Å². The average Bonchev–Trinajstić information content (AvgIpc) is 3.32. The van der Waals surface area contributed by atoms with Crippen LogP contribution in [-0.2, 0) is 0 Å². The van der Waals surface area contributed by atoms with Crippen molar-refractivity contribution in [1.29, 1.82) is 0 Å². The van der Waals surface area contributed by atoms with Gasteiger partial charge in [0.05, 0.1) is 18.1 Å². The summed E-state index contributed by atoms with van der Waals surface area (Å²) in [5, 5.41) is 11.3. The van der Waals surface area contributed by atoms with Crippen LogP contribution in [-0.4, -0.2) is 36.9 Å². The first-order valence-corrected chi connectivity index (χ1v) is 10.5. The standard InChI is InChI=1S/C20H23N7O.C2H6/c1-3-12(2)16-19(27-22-9-10-23-27)26-18(21)17(25-16)20(28)24-15-11-14(15)13-7-5-4-6-8-13;1-2/h4-10,12,14-15H,3,11H2,1-2H3,(H2,21,26)(H,24,28);1-2H3/t12?,14?,15-;/m0./s1. The monoisotopic (exact) mass is 407 g/mol. The second-order valence-electron chi connectivity index (χ2n) is 7.13. The highest BCUT2D eigenvalue weighted by molar-refractivity contribution is 5.97. The second-order valence-corrected chi connectivity index (χ2v) is 7.13. The molecule has 8 nitrogen and oxygen atoms in total. The largest absolute Gasteiger partial charge is 0.382 e. The van der Waals surface area contributed by atoms with E-state index in [0.717, 1.165) is 12.8 Å². The minimum atomic E-state index is -0.294. The molecule has 1 aromatic carbocycles. The maximum absolute atomic E-state index is 12.8. The normalized spacial score (nSPS) is 18.1. The molecular weight excluding hydrogens is 378 g/mol. The fraction of sp³-hybridized carbons (Fsp3) is 0.409. The Labute approximate surface area is 176 Å². The molecule has 4 rings (SSSR count). The molecule has 1 aliphatic rings. The number of nitrogens with zero attached hydrogens (tertiary/aromatic N) is 5. The summed E-state index contributed by atoms with van der Waals surface area (Å²) in [5.41, 5.74) is 8.12. The Morgan fingerprint density at radius 2 is 1.87 bits per heavy atom. The third-order valence-electron chi connectivity index (χ3n) is 5.17. The lowest BCUT2D eigenvalue weighted by Crippen LogP contribution is -2.29. The Hall–Kier alpha value is -3.29. The first-order chi connectivity index (χ1) is 14.6. The highest BCUT2D eigenvalue weighted by Gasteiger charge is 2.40. The van der Waals surface area contributed by atoms with Crippen molar-refractivity contribution in [2.75, 3.05) is 5.73 Å². The highest BCUT2D eigenvalue weighted by atomic mass is 16.2. The number of hydrogen-bond acceptors (Lipinski definition) is 6. The molecule has 3 N–H and O–H groups in total. The average molecular weight is 408 g/mol. The molecule has 1 aliphatic carbocycles. The van der Waals surface area contributed by atoms with Crippen LogP contribution in [0.5, 0.6) is 0 Å². The molecule has 2 aromatic heterocycles. The van der Waals surface area contributed by atoms with Crippen LogP contribution in [0.4, 0.5) is 5.82 Å². The summed E-state index contributed by atoms with van der Waals surface area (Å²) in [6.45, 7) is 8.08. The lowest BCUT2D eigenvalue weighted by atomic mass is 10.0. The van der Waals surface area contributed by atoms with Gasteiger partial charge >= 0.3 is 0 Å². The van der Waals surface area contributed by atoms with Crippen molar-refractivity contribution in [2.24, 2.45) is 0 Å². The Balaban J connectivity index is 0.00000124. The van der Waals surface area contributed by atoms with Crippen LogP contribution in [0.2, 0.25) is 0 Å². The van der Waals surface area contributed by atoms with Gasteiger partial charge in [-0.25, -0.2) is 9.97 Å². The van der Waals surface area contributed by atoms with Crippen LogP contribution < -0.4 is 11.1 Å². The number of carbonyl (C=O) groups is 1. The lowest BCUT2D eigenvalue weighted by molar-refractivity contribution is 0.0945. The van der Waals surface area contributed by atoms with Gasteiger partial charge in [0.1, 0.15) is 0 Å². The quantitative estimate of drug-likeness (QED) is 0.647. The number of rotatable bonds is 6. The van der Waals surface area contributed by atoms with E-state index in [1.54, 1.807) is 12.4 Å². The summed E-state index contributed by atoms with van der Waals surface area (Å²) < 4.78 is 0. The zero-order valence-corrected chi connectivity index (χ0v) is 17.9. The van der Waals surface area contributed by atoms with Crippen molar-refractivity contribution in [3.63, 3.8) is 0 Å². The maximum atomic E-state index is 12.8. The molecule has 3 aromatic rings. The lowest BCUT2D eigenvalue weighted by Gasteiger charge is -2.15. The minimum absolute atomic E-state index is 0.0776. The van der Waals surface area contributed by atoms with Gasteiger partial charge in [0.2, 0.25) is 0 Å². The fourth-order valence-corrected chi connectivity index (χ4v) is 3.28. The first kappa shape index (κ1) is 21.4. The van der Waals surface area contributed by atoms with E-state index >= 15 is 0 Å². The summed E-state index contributed by atoms with van der Waals surface area (Å²) in [6.07, 6.45) is 4.88. The van der Waals surface area contributed by atoms with Crippen molar-refractivity contribution in [2.45, 2.75) is 58.4 Å². The van der Waals surface area contributed by atoms with E-state index in [4.69, 9.17) is 5.73 Å². The second kappa shape index (κ2) is 9.47. The zero-order chi connectivity index (χ0) is 21.7. The number of nitrogens with two attached hydrogens (primary N) is 1. The van der Waals surface area contributed by atoms with E-state index in [0.29, 0.717) is 17.4 Å². The molecule has 0 spiro atoms. The number of anilines is 1. The third kappa shape index (κ3) is 4.48. The van der Waals surface area contributed by atoms with Crippen LogP contribution in [0.1, 0.15) is 74.1 Å². The van der Waals surface area contributed by atoms with Crippen LogP contribution in [0.25, 0.3) is 5.82 Å². The first-order valence-electron chi connectivity index (χ1n) is 10.5. The summed E-state index contributed by atoms with van der Waals surface area (Å²) in [4.78, 5) is 23.2. The Bertz CT molecular complexity index is 973. The number of benzene rings is 1. The molecule has 158 valence electrons. The molecule has 8 heteroatoms. The minimum Gasteiger partial charge on any atom is -0.382 e. The van der Waals surface area contributed by atoms with Crippen molar-refractivity contribution >= 4 is 11.7 Å². The van der Waals surface area contributed by atoms with Gasteiger partial charge in [-0.1, -0.05) is 58.0 Å². The van der Waals surface area contributed by atoms with Crippen LogP contribution in [0, 0.1) is 0 Å². The summed E-state index contributed by atoms with van der Waals surface area (Å²) in [6, 6.07) is 10.3. The van der Waals surface area contributed by atoms with Crippen molar-refractivity contribution in [1.82, 2.24) is 30.3 Å². The number of aromatic nitrogens is 5. The predicted octanol–water partition coefficient (Wildman–Crippen LogP) is 3.47. The maximum Gasteiger partial charge on any atom is 0.273 e. The molecule has 1 saturated carbocycles. The topological polar surface area (TPSA) is 112 Å². The van der Waals surface area contributed by atoms with Gasteiger partial charge < -0.3 is 11.1 Å². The Morgan fingerprint density at radius 1 is 1.20 bits per heavy atom. The Kier molecular flexibility index (Phi) is 6.76.